The second-order valence-corrected chi connectivity index (χ2v) is 7.73. The second-order valence-electron chi connectivity index (χ2n) is 7.73. The third-order valence-electron chi connectivity index (χ3n) is 4.88. The van der Waals surface area contributed by atoms with E-state index in [1.165, 1.54) is 6.92 Å². The maximum absolute atomic E-state index is 11.3. The third-order valence-corrected chi connectivity index (χ3v) is 4.88. The standard InChI is InChI=1S/C16H25NO7/c1-8(18)20-11-6-9-13-14(23-16(4,5)22-13)12(17(9)24-11)10-7-19-15(2,3)21-10/h9-14H,6-7H2,1-5H3/t9-,10+,11-,12-,13+,14-/m0/s1. The fourth-order valence-corrected chi connectivity index (χ4v) is 4.17. The fourth-order valence-electron chi connectivity index (χ4n) is 4.17. The zero-order valence-electron chi connectivity index (χ0n) is 14.7. The van der Waals surface area contributed by atoms with Crippen LogP contribution < -0.4 is 0 Å². The normalized spacial score (nSPS) is 46.0. The summed E-state index contributed by atoms with van der Waals surface area (Å²) in [6.07, 6.45) is -0.582. The van der Waals surface area contributed by atoms with Crippen LogP contribution in [0.3, 0.4) is 0 Å². The number of hydrogen-bond donors (Lipinski definition) is 0. The van der Waals surface area contributed by atoms with Gasteiger partial charge in [0.05, 0.1) is 18.7 Å². The molecule has 0 amide bonds. The molecule has 4 saturated heterocycles. The van der Waals surface area contributed by atoms with Gasteiger partial charge in [-0.3, -0.25) is 9.63 Å². The first kappa shape index (κ1) is 16.7. The highest BCUT2D eigenvalue weighted by Gasteiger charge is 2.65. The molecule has 0 aromatic rings. The van der Waals surface area contributed by atoms with E-state index in [9.17, 15) is 4.79 Å². The first-order valence-electron chi connectivity index (χ1n) is 8.45. The highest BCUT2D eigenvalue weighted by atomic mass is 16.8. The Balaban J connectivity index is 1.58. The van der Waals surface area contributed by atoms with Crippen molar-refractivity contribution in [2.45, 2.75) is 89.3 Å². The Labute approximate surface area is 141 Å². The molecule has 0 unspecified atom stereocenters. The van der Waals surface area contributed by atoms with Crippen LogP contribution in [0.1, 0.15) is 41.0 Å². The molecule has 0 saturated carbocycles. The van der Waals surface area contributed by atoms with E-state index in [4.69, 9.17) is 28.5 Å². The molecule has 0 spiro atoms. The number of hydroxylamine groups is 2. The van der Waals surface area contributed by atoms with Gasteiger partial charge in [0.2, 0.25) is 6.29 Å². The molecule has 4 fully saturated rings. The van der Waals surface area contributed by atoms with E-state index in [0.29, 0.717) is 13.0 Å². The summed E-state index contributed by atoms with van der Waals surface area (Å²) in [6.45, 7) is 9.42. The topological polar surface area (TPSA) is 75.7 Å². The van der Waals surface area contributed by atoms with Gasteiger partial charge in [0.1, 0.15) is 18.3 Å². The van der Waals surface area contributed by atoms with Crippen LogP contribution in [-0.2, 0) is 33.3 Å². The number of carbonyl (C=O) groups is 1. The summed E-state index contributed by atoms with van der Waals surface area (Å²) < 4.78 is 29.2. The maximum Gasteiger partial charge on any atom is 0.304 e. The Bertz CT molecular complexity index is 537. The van der Waals surface area contributed by atoms with Crippen LogP contribution in [0.25, 0.3) is 0 Å². The van der Waals surface area contributed by atoms with Crippen LogP contribution in [-0.4, -0.2) is 65.9 Å². The number of fused-ring (bicyclic) bond motifs is 3. The summed E-state index contributed by atoms with van der Waals surface area (Å²) in [6, 6.07) is -0.220. The van der Waals surface area contributed by atoms with Crippen LogP contribution in [0.2, 0.25) is 0 Å². The Morgan fingerprint density at radius 3 is 2.42 bits per heavy atom. The van der Waals surface area contributed by atoms with Crippen molar-refractivity contribution in [3.63, 3.8) is 0 Å². The zero-order valence-corrected chi connectivity index (χ0v) is 14.7. The SMILES string of the molecule is CC(=O)O[C@@H]1C[C@H]2[C@H]3OC(C)(C)O[C@H]3[C@H]([C@H]3COC(C)(C)O3)N2O1. The zero-order chi connectivity index (χ0) is 17.3. The molecule has 0 N–H and O–H groups in total. The van der Waals surface area contributed by atoms with Gasteiger partial charge in [0.15, 0.2) is 11.6 Å². The highest BCUT2D eigenvalue weighted by molar-refractivity contribution is 5.66. The maximum atomic E-state index is 11.3. The van der Waals surface area contributed by atoms with Crippen molar-refractivity contribution in [2.24, 2.45) is 0 Å². The number of rotatable bonds is 2. The average molecular weight is 343 g/mol. The van der Waals surface area contributed by atoms with E-state index < -0.39 is 17.9 Å². The van der Waals surface area contributed by atoms with Crippen LogP contribution >= 0.6 is 0 Å². The van der Waals surface area contributed by atoms with Gasteiger partial charge in [-0.25, -0.2) is 0 Å². The Morgan fingerprint density at radius 2 is 1.79 bits per heavy atom. The lowest BCUT2D eigenvalue weighted by atomic mass is 10.0. The Kier molecular flexibility index (Phi) is 3.73. The van der Waals surface area contributed by atoms with E-state index in [-0.39, 0.29) is 36.4 Å². The fraction of sp³-hybridized carbons (Fsp3) is 0.938. The van der Waals surface area contributed by atoms with Gasteiger partial charge in [0.25, 0.3) is 0 Å². The first-order chi connectivity index (χ1) is 11.2. The largest absolute Gasteiger partial charge is 0.434 e. The molecule has 0 bridgehead atoms. The Morgan fingerprint density at radius 1 is 1.08 bits per heavy atom. The van der Waals surface area contributed by atoms with Gasteiger partial charge < -0.3 is 23.7 Å². The number of nitrogens with zero attached hydrogens (tertiary/aromatic N) is 1. The summed E-state index contributed by atoms with van der Waals surface area (Å²) in [5, 5.41) is 1.84. The van der Waals surface area contributed by atoms with E-state index in [1.54, 1.807) is 0 Å². The van der Waals surface area contributed by atoms with Crippen molar-refractivity contribution >= 4 is 5.97 Å². The summed E-state index contributed by atoms with van der Waals surface area (Å²) in [5.41, 5.74) is 0. The molecule has 0 aromatic heterocycles. The minimum absolute atomic E-state index is 0.0431. The lowest BCUT2D eigenvalue weighted by Gasteiger charge is -2.31. The van der Waals surface area contributed by atoms with Crippen molar-refractivity contribution in [3.8, 4) is 0 Å². The monoisotopic (exact) mass is 343 g/mol. The van der Waals surface area contributed by atoms with E-state index >= 15 is 0 Å². The molecule has 0 aliphatic carbocycles. The molecule has 24 heavy (non-hydrogen) atoms. The van der Waals surface area contributed by atoms with Crippen molar-refractivity contribution in [1.82, 2.24) is 5.06 Å². The summed E-state index contributed by atoms with van der Waals surface area (Å²) >= 11 is 0. The summed E-state index contributed by atoms with van der Waals surface area (Å²) in [5.74, 6) is -1.66. The second kappa shape index (κ2) is 5.36. The van der Waals surface area contributed by atoms with Crippen molar-refractivity contribution in [2.75, 3.05) is 6.61 Å². The molecule has 4 rings (SSSR count). The number of hydrogen-bond acceptors (Lipinski definition) is 8. The molecule has 8 nitrogen and oxygen atoms in total. The molecule has 6 atom stereocenters. The smallest absolute Gasteiger partial charge is 0.304 e. The predicted octanol–water partition coefficient (Wildman–Crippen LogP) is 0.935. The molecule has 136 valence electrons. The quantitative estimate of drug-likeness (QED) is 0.686. The molecule has 8 heteroatoms. The minimum atomic E-state index is -0.659. The van der Waals surface area contributed by atoms with Crippen LogP contribution in [0.15, 0.2) is 0 Å². The molecular formula is C16H25NO7. The van der Waals surface area contributed by atoms with Gasteiger partial charge >= 0.3 is 5.97 Å². The molecule has 0 radical (unpaired) electrons. The lowest BCUT2D eigenvalue weighted by molar-refractivity contribution is -0.273. The van der Waals surface area contributed by atoms with Crippen molar-refractivity contribution < 1.29 is 33.3 Å². The van der Waals surface area contributed by atoms with Gasteiger partial charge in [-0.05, 0) is 27.7 Å². The van der Waals surface area contributed by atoms with E-state index in [1.807, 2.05) is 32.8 Å². The number of carbonyl (C=O) groups excluding carboxylic acids is 1. The summed E-state index contributed by atoms with van der Waals surface area (Å²) in [7, 11) is 0. The van der Waals surface area contributed by atoms with Gasteiger partial charge in [-0.1, -0.05) is 0 Å². The molecule has 0 aromatic carbocycles. The number of esters is 1. The van der Waals surface area contributed by atoms with Crippen molar-refractivity contribution in [1.29, 1.82) is 0 Å². The molecular weight excluding hydrogens is 318 g/mol. The van der Waals surface area contributed by atoms with Gasteiger partial charge in [0, 0.05) is 13.3 Å². The van der Waals surface area contributed by atoms with Crippen LogP contribution in [0, 0.1) is 0 Å². The average Bonchev–Trinajstić information content (AvgIpc) is 3.10. The predicted molar refractivity (Wildman–Crippen MR) is 79.4 cm³/mol. The van der Waals surface area contributed by atoms with E-state index in [0.717, 1.165) is 0 Å². The molecule has 4 aliphatic rings. The minimum Gasteiger partial charge on any atom is -0.434 e. The third kappa shape index (κ3) is 2.75. The first-order valence-corrected chi connectivity index (χ1v) is 8.45. The highest BCUT2D eigenvalue weighted by Crippen LogP contribution is 2.47. The molecule has 4 aliphatic heterocycles. The Hall–Kier alpha value is -0.770. The van der Waals surface area contributed by atoms with Crippen molar-refractivity contribution in [3.05, 3.63) is 0 Å². The lowest BCUT2D eigenvalue weighted by Crippen LogP contribution is -2.48. The van der Waals surface area contributed by atoms with Gasteiger partial charge in [-0.15, -0.1) is 0 Å². The van der Waals surface area contributed by atoms with Crippen LogP contribution in [0.4, 0.5) is 0 Å². The number of ether oxygens (including phenoxy) is 5. The van der Waals surface area contributed by atoms with Gasteiger partial charge in [-0.2, -0.15) is 5.06 Å². The summed E-state index contributed by atoms with van der Waals surface area (Å²) in [4.78, 5) is 17.1. The van der Waals surface area contributed by atoms with E-state index in [2.05, 4.69) is 0 Å². The molecule has 4 heterocycles. The van der Waals surface area contributed by atoms with Crippen LogP contribution in [0.5, 0.6) is 0 Å².